The van der Waals surface area contributed by atoms with Gasteiger partial charge in [-0.2, -0.15) is 0 Å². The molecular weight excluding hydrogens is 186 g/mol. The number of nitrogens with zero attached hydrogens (tertiary/aromatic N) is 1. The summed E-state index contributed by atoms with van der Waals surface area (Å²) < 4.78 is 0. The van der Waals surface area contributed by atoms with Crippen LogP contribution in [0.25, 0.3) is 0 Å². The van der Waals surface area contributed by atoms with Gasteiger partial charge in [0.25, 0.3) is 0 Å². The molecule has 0 aliphatic carbocycles. The molecule has 0 aliphatic rings. The fraction of sp³-hybridized carbons (Fsp3) is 0.462. The van der Waals surface area contributed by atoms with Crippen LogP contribution < -0.4 is 4.90 Å². The van der Waals surface area contributed by atoms with Gasteiger partial charge in [-0.1, -0.05) is 12.1 Å². The second kappa shape index (κ2) is 4.96. The molecule has 0 saturated heterocycles. The van der Waals surface area contributed by atoms with Crippen LogP contribution in [0.2, 0.25) is 0 Å². The van der Waals surface area contributed by atoms with Crippen molar-refractivity contribution in [1.29, 1.82) is 0 Å². The molecule has 0 radical (unpaired) electrons. The van der Waals surface area contributed by atoms with Gasteiger partial charge in [0, 0.05) is 12.2 Å². The van der Waals surface area contributed by atoms with E-state index in [0.29, 0.717) is 0 Å². The standard InChI is InChI=1S/C13H19NO/c1-5-14(11(3)12(4)15)13-8-6-7-10(2)9-13/h6-9,11H,5H2,1-4H3. The summed E-state index contributed by atoms with van der Waals surface area (Å²) in [6.07, 6.45) is 0. The van der Waals surface area contributed by atoms with E-state index in [2.05, 4.69) is 36.9 Å². The van der Waals surface area contributed by atoms with Crippen LogP contribution in [0.5, 0.6) is 0 Å². The van der Waals surface area contributed by atoms with Crippen LogP contribution in [-0.2, 0) is 4.79 Å². The molecule has 82 valence electrons. The highest BCUT2D eigenvalue weighted by Gasteiger charge is 2.16. The van der Waals surface area contributed by atoms with E-state index in [4.69, 9.17) is 0 Å². The highest BCUT2D eigenvalue weighted by molar-refractivity contribution is 5.84. The van der Waals surface area contributed by atoms with Gasteiger partial charge in [-0.15, -0.1) is 0 Å². The van der Waals surface area contributed by atoms with E-state index < -0.39 is 0 Å². The topological polar surface area (TPSA) is 20.3 Å². The predicted octanol–water partition coefficient (Wildman–Crippen LogP) is 2.80. The molecule has 1 aromatic rings. The van der Waals surface area contributed by atoms with Crippen molar-refractivity contribution >= 4 is 11.5 Å². The van der Waals surface area contributed by atoms with E-state index >= 15 is 0 Å². The number of likely N-dealkylation sites (N-methyl/N-ethyl adjacent to an activating group) is 1. The first kappa shape index (κ1) is 11.8. The van der Waals surface area contributed by atoms with Crippen molar-refractivity contribution in [2.45, 2.75) is 33.7 Å². The number of carbonyl (C=O) groups excluding carboxylic acids is 1. The molecule has 1 atom stereocenters. The molecule has 0 aromatic heterocycles. The monoisotopic (exact) mass is 205 g/mol. The normalized spacial score (nSPS) is 12.3. The van der Waals surface area contributed by atoms with Crippen LogP contribution >= 0.6 is 0 Å². The minimum atomic E-state index is -0.0446. The van der Waals surface area contributed by atoms with Crippen LogP contribution in [-0.4, -0.2) is 18.4 Å². The van der Waals surface area contributed by atoms with E-state index in [1.807, 2.05) is 13.0 Å². The van der Waals surface area contributed by atoms with Crippen molar-refractivity contribution in [1.82, 2.24) is 0 Å². The molecule has 0 fully saturated rings. The average molecular weight is 205 g/mol. The third-order valence-electron chi connectivity index (χ3n) is 2.73. The summed E-state index contributed by atoms with van der Waals surface area (Å²) in [5, 5.41) is 0. The molecule has 0 amide bonds. The average Bonchev–Trinajstić information content (AvgIpc) is 2.18. The van der Waals surface area contributed by atoms with Gasteiger partial charge in [0.15, 0.2) is 5.78 Å². The molecular formula is C13H19NO. The second-order valence-corrected chi connectivity index (χ2v) is 3.91. The zero-order valence-corrected chi connectivity index (χ0v) is 9.95. The minimum absolute atomic E-state index is 0.0446. The maximum absolute atomic E-state index is 11.4. The van der Waals surface area contributed by atoms with Gasteiger partial charge < -0.3 is 4.90 Å². The molecule has 0 N–H and O–H groups in total. The first-order chi connectivity index (χ1) is 7.06. The molecule has 1 unspecified atom stereocenters. The molecule has 0 aliphatic heterocycles. The Morgan fingerprint density at radius 1 is 1.47 bits per heavy atom. The smallest absolute Gasteiger partial charge is 0.151 e. The van der Waals surface area contributed by atoms with Crippen molar-refractivity contribution in [3.05, 3.63) is 29.8 Å². The lowest BCUT2D eigenvalue weighted by atomic mass is 10.1. The second-order valence-electron chi connectivity index (χ2n) is 3.91. The van der Waals surface area contributed by atoms with Crippen LogP contribution in [0, 0.1) is 6.92 Å². The molecule has 0 spiro atoms. The lowest BCUT2D eigenvalue weighted by Crippen LogP contribution is -2.37. The van der Waals surface area contributed by atoms with Gasteiger partial charge in [-0.05, 0) is 45.4 Å². The van der Waals surface area contributed by atoms with Gasteiger partial charge in [0.1, 0.15) is 0 Å². The maximum atomic E-state index is 11.4. The van der Waals surface area contributed by atoms with Crippen molar-refractivity contribution in [3.8, 4) is 0 Å². The van der Waals surface area contributed by atoms with Crippen LogP contribution in [0.4, 0.5) is 5.69 Å². The van der Waals surface area contributed by atoms with E-state index in [9.17, 15) is 4.79 Å². The molecule has 1 rings (SSSR count). The zero-order valence-electron chi connectivity index (χ0n) is 9.95. The molecule has 0 bridgehead atoms. The molecule has 2 heteroatoms. The minimum Gasteiger partial charge on any atom is -0.362 e. The molecule has 0 saturated carbocycles. The summed E-state index contributed by atoms with van der Waals surface area (Å²) in [6, 6.07) is 8.21. The largest absolute Gasteiger partial charge is 0.362 e. The summed E-state index contributed by atoms with van der Waals surface area (Å²) in [4.78, 5) is 13.5. The number of rotatable bonds is 4. The maximum Gasteiger partial charge on any atom is 0.151 e. The van der Waals surface area contributed by atoms with Crippen molar-refractivity contribution in [3.63, 3.8) is 0 Å². The number of anilines is 1. The number of ketones is 1. The first-order valence-corrected chi connectivity index (χ1v) is 5.40. The van der Waals surface area contributed by atoms with E-state index in [0.717, 1.165) is 12.2 Å². The van der Waals surface area contributed by atoms with Gasteiger partial charge in [0.2, 0.25) is 0 Å². The Labute approximate surface area is 91.9 Å². The Morgan fingerprint density at radius 3 is 2.60 bits per heavy atom. The number of carbonyl (C=O) groups is 1. The third-order valence-corrected chi connectivity index (χ3v) is 2.73. The third kappa shape index (κ3) is 2.82. The van der Waals surface area contributed by atoms with Gasteiger partial charge >= 0.3 is 0 Å². The Hall–Kier alpha value is -1.31. The highest BCUT2D eigenvalue weighted by Crippen LogP contribution is 2.18. The van der Waals surface area contributed by atoms with Crippen LogP contribution in [0.15, 0.2) is 24.3 Å². The lowest BCUT2D eigenvalue weighted by Gasteiger charge is -2.28. The summed E-state index contributed by atoms with van der Waals surface area (Å²) >= 11 is 0. The van der Waals surface area contributed by atoms with Crippen molar-refractivity contribution in [2.24, 2.45) is 0 Å². The zero-order chi connectivity index (χ0) is 11.4. The molecule has 2 nitrogen and oxygen atoms in total. The number of Topliss-reactive ketones (excluding diaryl/α,β-unsaturated/α-hetero) is 1. The summed E-state index contributed by atoms with van der Waals surface area (Å²) in [6.45, 7) is 8.58. The first-order valence-electron chi connectivity index (χ1n) is 5.40. The quantitative estimate of drug-likeness (QED) is 0.753. The van der Waals surface area contributed by atoms with E-state index in [-0.39, 0.29) is 11.8 Å². The number of benzene rings is 1. The molecule has 15 heavy (non-hydrogen) atoms. The summed E-state index contributed by atoms with van der Waals surface area (Å²) in [7, 11) is 0. The Kier molecular flexibility index (Phi) is 3.89. The molecule has 0 heterocycles. The highest BCUT2D eigenvalue weighted by atomic mass is 16.1. The SMILES string of the molecule is CCN(c1cccc(C)c1)C(C)C(C)=O. The van der Waals surface area contributed by atoms with Crippen LogP contribution in [0.1, 0.15) is 26.3 Å². The van der Waals surface area contributed by atoms with Crippen LogP contribution in [0.3, 0.4) is 0 Å². The number of aryl methyl sites for hydroxylation is 1. The Morgan fingerprint density at radius 2 is 2.13 bits per heavy atom. The van der Waals surface area contributed by atoms with E-state index in [1.54, 1.807) is 6.92 Å². The van der Waals surface area contributed by atoms with E-state index in [1.165, 1.54) is 5.56 Å². The Bertz CT molecular complexity index is 346. The van der Waals surface area contributed by atoms with Crippen molar-refractivity contribution < 1.29 is 4.79 Å². The van der Waals surface area contributed by atoms with Gasteiger partial charge in [-0.25, -0.2) is 0 Å². The fourth-order valence-corrected chi connectivity index (χ4v) is 1.71. The summed E-state index contributed by atoms with van der Waals surface area (Å²) in [5.41, 5.74) is 2.35. The lowest BCUT2D eigenvalue weighted by molar-refractivity contribution is -0.117. The number of hydrogen-bond acceptors (Lipinski definition) is 2. The number of hydrogen-bond donors (Lipinski definition) is 0. The summed E-state index contributed by atoms with van der Waals surface area (Å²) in [5.74, 6) is 0.207. The fourth-order valence-electron chi connectivity index (χ4n) is 1.71. The van der Waals surface area contributed by atoms with Crippen molar-refractivity contribution in [2.75, 3.05) is 11.4 Å². The van der Waals surface area contributed by atoms with Gasteiger partial charge in [0.05, 0.1) is 6.04 Å². The molecule has 1 aromatic carbocycles. The van der Waals surface area contributed by atoms with Gasteiger partial charge in [-0.3, -0.25) is 4.79 Å². The predicted molar refractivity (Wildman–Crippen MR) is 64.3 cm³/mol. The Balaban J connectivity index is 2.97.